The van der Waals surface area contributed by atoms with Gasteiger partial charge in [-0.15, -0.1) is 0 Å². The van der Waals surface area contributed by atoms with Gasteiger partial charge in [-0.2, -0.15) is 10.1 Å². The fourth-order valence-electron chi connectivity index (χ4n) is 3.78. The van der Waals surface area contributed by atoms with E-state index in [9.17, 15) is 9.59 Å². The highest BCUT2D eigenvalue weighted by Crippen LogP contribution is 2.11. The summed E-state index contributed by atoms with van der Waals surface area (Å²) in [5.74, 6) is 0. The zero-order valence-corrected chi connectivity index (χ0v) is 18.8. The number of pyridine rings is 1. The molecule has 10 heteroatoms. The van der Waals surface area contributed by atoms with E-state index in [-0.39, 0.29) is 22.0 Å². The van der Waals surface area contributed by atoms with Gasteiger partial charge < -0.3 is 4.98 Å². The average Bonchev–Trinajstić information content (AvgIpc) is 3.40. The molecule has 168 valence electrons. The Hall–Kier alpha value is -3.20. The number of imidazole rings is 1. The summed E-state index contributed by atoms with van der Waals surface area (Å²) in [4.78, 5) is 37.2. The third kappa shape index (κ3) is 4.83. The number of hydrogen-bond donors (Lipinski definition) is 1. The Kier molecular flexibility index (Phi) is 6.84. The average molecular weight is 456 g/mol. The molecule has 0 saturated heterocycles. The fraction of sp³-hybridized carbons (Fsp3) is 0.409. The summed E-state index contributed by atoms with van der Waals surface area (Å²) in [6.07, 6.45) is 9.74. The Morgan fingerprint density at radius 3 is 2.72 bits per heavy atom. The van der Waals surface area contributed by atoms with Crippen molar-refractivity contribution in [2.24, 2.45) is 0 Å². The molecule has 4 rings (SSSR count). The van der Waals surface area contributed by atoms with Crippen molar-refractivity contribution >= 4 is 22.8 Å². The highest BCUT2D eigenvalue weighted by atomic mass is 35.5. The van der Waals surface area contributed by atoms with Crippen molar-refractivity contribution in [1.82, 2.24) is 33.9 Å². The van der Waals surface area contributed by atoms with Gasteiger partial charge in [0.1, 0.15) is 0 Å². The molecule has 0 amide bonds. The molecule has 0 fully saturated rings. The number of unbranched alkanes of at least 4 members (excludes halogenated alkanes) is 2. The van der Waals surface area contributed by atoms with Crippen molar-refractivity contribution < 1.29 is 0 Å². The maximum atomic E-state index is 13.1. The Labute approximate surface area is 189 Å². The van der Waals surface area contributed by atoms with Gasteiger partial charge in [-0.25, -0.2) is 4.79 Å². The van der Waals surface area contributed by atoms with Crippen LogP contribution in [0.15, 0.2) is 46.4 Å². The predicted molar refractivity (Wildman–Crippen MR) is 123 cm³/mol. The highest BCUT2D eigenvalue weighted by molar-refractivity contribution is 6.28. The van der Waals surface area contributed by atoms with E-state index in [0.29, 0.717) is 38.1 Å². The van der Waals surface area contributed by atoms with Gasteiger partial charge in [-0.05, 0) is 48.6 Å². The van der Waals surface area contributed by atoms with E-state index in [0.717, 1.165) is 30.5 Å². The molecule has 0 aromatic carbocycles. The van der Waals surface area contributed by atoms with E-state index in [4.69, 9.17) is 11.6 Å². The minimum atomic E-state index is -0.387. The van der Waals surface area contributed by atoms with Crippen molar-refractivity contribution in [3.05, 3.63) is 74.2 Å². The molecule has 9 nitrogen and oxygen atoms in total. The number of nitrogens with one attached hydrogen (secondary N) is 1. The normalized spacial score (nSPS) is 11.4. The SMILES string of the molecule is CCCCCn1c(=O)n(CCCc2cnn(Cc3ccccn3)c2)c(=O)c2[nH]c(Cl)nc21. The second-order valence-corrected chi connectivity index (χ2v) is 8.15. The van der Waals surface area contributed by atoms with Gasteiger partial charge in [0, 0.05) is 25.5 Å². The van der Waals surface area contributed by atoms with Gasteiger partial charge in [0.2, 0.25) is 5.28 Å². The summed E-state index contributed by atoms with van der Waals surface area (Å²) >= 11 is 5.99. The van der Waals surface area contributed by atoms with Crippen LogP contribution in [0.1, 0.15) is 43.9 Å². The molecular formula is C22H26ClN7O2. The lowest BCUT2D eigenvalue weighted by Gasteiger charge is -2.11. The lowest BCUT2D eigenvalue weighted by molar-refractivity contribution is 0.526. The first-order valence-electron chi connectivity index (χ1n) is 10.9. The van der Waals surface area contributed by atoms with Crippen LogP contribution in [0, 0.1) is 0 Å². The van der Waals surface area contributed by atoms with Crippen molar-refractivity contribution in [2.75, 3.05) is 0 Å². The quantitative estimate of drug-likeness (QED) is 0.292. The Bertz CT molecular complexity index is 1300. The molecule has 4 heterocycles. The summed E-state index contributed by atoms with van der Waals surface area (Å²) in [6.45, 7) is 3.51. The molecule has 32 heavy (non-hydrogen) atoms. The maximum Gasteiger partial charge on any atom is 0.332 e. The molecule has 0 radical (unpaired) electrons. The molecular weight excluding hydrogens is 430 g/mol. The lowest BCUT2D eigenvalue weighted by atomic mass is 10.2. The summed E-state index contributed by atoms with van der Waals surface area (Å²) in [5, 5.41) is 4.50. The van der Waals surface area contributed by atoms with E-state index in [1.807, 2.05) is 35.3 Å². The number of halogens is 1. The van der Waals surface area contributed by atoms with Gasteiger partial charge in [0.25, 0.3) is 5.56 Å². The van der Waals surface area contributed by atoms with Crippen LogP contribution in [-0.2, 0) is 26.1 Å². The molecule has 0 aliphatic carbocycles. The summed E-state index contributed by atoms with van der Waals surface area (Å²) in [5.41, 5.74) is 1.85. The molecule has 1 N–H and O–H groups in total. The van der Waals surface area contributed by atoms with Crippen molar-refractivity contribution in [1.29, 1.82) is 0 Å². The van der Waals surface area contributed by atoms with Gasteiger partial charge in [-0.3, -0.25) is 23.6 Å². The number of rotatable bonds is 10. The molecule has 0 aliphatic heterocycles. The number of fused-ring (bicyclic) bond motifs is 1. The smallest absolute Gasteiger partial charge is 0.323 e. The van der Waals surface area contributed by atoms with E-state index in [2.05, 4.69) is 27.0 Å². The first kappa shape index (κ1) is 22.0. The number of aromatic amines is 1. The number of aromatic nitrogens is 7. The van der Waals surface area contributed by atoms with Crippen molar-refractivity contribution in [3.63, 3.8) is 0 Å². The standard InChI is InChI=1S/C22H26ClN7O2/c1-2-3-6-11-29-19-18(26-21(23)27-19)20(31)30(22(29)32)12-7-8-16-13-25-28(14-16)15-17-9-4-5-10-24-17/h4-5,9-10,13-14H,2-3,6-8,11-12,15H2,1H3,(H,26,27). The van der Waals surface area contributed by atoms with Crippen LogP contribution in [0.4, 0.5) is 0 Å². The number of H-pyrrole nitrogens is 1. The molecule has 0 aliphatic rings. The number of nitrogens with zero attached hydrogens (tertiary/aromatic N) is 6. The van der Waals surface area contributed by atoms with Gasteiger partial charge in [0.05, 0.1) is 18.4 Å². The third-order valence-electron chi connectivity index (χ3n) is 5.40. The largest absolute Gasteiger partial charge is 0.332 e. The summed E-state index contributed by atoms with van der Waals surface area (Å²) < 4.78 is 4.67. The van der Waals surface area contributed by atoms with E-state index >= 15 is 0 Å². The number of hydrogen-bond acceptors (Lipinski definition) is 5. The molecule has 4 aromatic rings. The van der Waals surface area contributed by atoms with Crippen LogP contribution in [-0.4, -0.2) is 33.9 Å². The summed E-state index contributed by atoms with van der Waals surface area (Å²) in [7, 11) is 0. The zero-order chi connectivity index (χ0) is 22.5. The van der Waals surface area contributed by atoms with E-state index < -0.39 is 0 Å². The lowest BCUT2D eigenvalue weighted by Crippen LogP contribution is -2.40. The molecule has 0 bridgehead atoms. The van der Waals surface area contributed by atoms with E-state index in [1.165, 1.54) is 4.57 Å². The van der Waals surface area contributed by atoms with Crippen LogP contribution in [0.2, 0.25) is 5.28 Å². The topological polar surface area (TPSA) is 103 Å². The predicted octanol–water partition coefficient (Wildman–Crippen LogP) is 3.00. The van der Waals surface area contributed by atoms with Gasteiger partial charge >= 0.3 is 5.69 Å². The second kappa shape index (κ2) is 9.95. The van der Waals surface area contributed by atoms with Crippen LogP contribution >= 0.6 is 11.6 Å². The number of aryl methyl sites for hydroxylation is 2. The van der Waals surface area contributed by atoms with Crippen LogP contribution < -0.4 is 11.2 Å². The molecule has 4 aromatic heterocycles. The zero-order valence-electron chi connectivity index (χ0n) is 18.0. The maximum absolute atomic E-state index is 13.1. The molecule has 0 saturated carbocycles. The Morgan fingerprint density at radius 2 is 1.94 bits per heavy atom. The first-order chi connectivity index (χ1) is 15.6. The Balaban J connectivity index is 1.48. The van der Waals surface area contributed by atoms with Crippen molar-refractivity contribution in [3.8, 4) is 0 Å². The van der Waals surface area contributed by atoms with Crippen molar-refractivity contribution in [2.45, 2.75) is 58.7 Å². The van der Waals surface area contributed by atoms with Gasteiger partial charge in [0.15, 0.2) is 11.2 Å². The molecule has 0 atom stereocenters. The minimum absolute atomic E-state index is 0.110. The highest BCUT2D eigenvalue weighted by Gasteiger charge is 2.16. The first-order valence-corrected chi connectivity index (χ1v) is 11.2. The van der Waals surface area contributed by atoms with Crippen LogP contribution in [0.25, 0.3) is 11.2 Å². The van der Waals surface area contributed by atoms with Crippen LogP contribution in [0.5, 0.6) is 0 Å². The van der Waals surface area contributed by atoms with E-state index in [1.54, 1.807) is 10.8 Å². The second-order valence-electron chi connectivity index (χ2n) is 7.80. The molecule has 0 spiro atoms. The summed E-state index contributed by atoms with van der Waals surface area (Å²) in [6, 6.07) is 5.78. The molecule has 0 unspecified atom stereocenters. The van der Waals surface area contributed by atoms with Gasteiger partial charge in [-0.1, -0.05) is 25.8 Å². The van der Waals surface area contributed by atoms with Crippen LogP contribution in [0.3, 0.4) is 0 Å². The third-order valence-corrected chi connectivity index (χ3v) is 5.58. The monoisotopic (exact) mass is 455 g/mol. The minimum Gasteiger partial charge on any atom is -0.323 e. The fourth-order valence-corrected chi connectivity index (χ4v) is 3.95. The Morgan fingerprint density at radius 1 is 1.09 bits per heavy atom.